The second-order valence-corrected chi connectivity index (χ2v) is 10.0. The second-order valence-electron chi connectivity index (χ2n) is 6.88. The molecule has 2 amide bonds. The molecule has 1 aliphatic rings. The normalized spacial score (nSPS) is 14.6. The Bertz CT molecular complexity index is 992. The molecule has 1 saturated heterocycles. The van der Waals surface area contributed by atoms with E-state index >= 15 is 0 Å². The molecule has 2 heterocycles. The average molecular weight is 468 g/mol. The van der Waals surface area contributed by atoms with Crippen molar-refractivity contribution in [3.63, 3.8) is 0 Å². The van der Waals surface area contributed by atoms with Crippen molar-refractivity contribution in [1.29, 1.82) is 0 Å². The first kappa shape index (κ1) is 22.9. The van der Waals surface area contributed by atoms with Gasteiger partial charge in [0.2, 0.25) is 0 Å². The van der Waals surface area contributed by atoms with Crippen LogP contribution in [0.3, 0.4) is 0 Å². The van der Waals surface area contributed by atoms with Gasteiger partial charge in [0.1, 0.15) is 9.96 Å². The van der Waals surface area contributed by atoms with E-state index in [0.29, 0.717) is 44.0 Å². The van der Waals surface area contributed by atoms with Crippen LogP contribution in [0.5, 0.6) is 5.75 Å². The van der Waals surface area contributed by atoms with Crippen molar-refractivity contribution in [1.82, 2.24) is 9.80 Å². The predicted molar refractivity (Wildman–Crippen MR) is 117 cm³/mol. The van der Waals surface area contributed by atoms with Crippen LogP contribution in [0.15, 0.2) is 46.0 Å². The lowest BCUT2D eigenvalue weighted by molar-refractivity contribution is -0.133. The molecule has 3 rings (SSSR count). The fourth-order valence-electron chi connectivity index (χ4n) is 3.15. The smallest absolute Gasteiger partial charge is 0.409 e. The monoisotopic (exact) mass is 467 g/mol. The summed E-state index contributed by atoms with van der Waals surface area (Å²) in [6.07, 6.45) is 0.275. The number of thiophene rings is 1. The summed E-state index contributed by atoms with van der Waals surface area (Å²) in [6.45, 7) is 1.78. The van der Waals surface area contributed by atoms with Crippen molar-refractivity contribution >= 4 is 39.0 Å². The third kappa shape index (κ3) is 5.47. The Hall–Kier alpha value is -2.79. The molecule has 0 aliphatic carbocycles. The molecule has 0 bridgehead atoms. The topological polar surface area (TPSA) is 96.5 Å². The van der Waals surface area contributed by atoms with Gasteiger partial charge in [0.25, 0.3) is 15.9 Å². The van der Waals surface area contributed by atoms with Gasteiger partial charge in [-0.2, -0.15) is 0 Å². The number of benzene rings is 1. The fourth-order valence-corrected chi connectivity index (χ4v) is 5.51. The summed E-state index contributed by atoms with van der Waals surface area (Å²) < 4.78 is 37.0. The van der Waals surface area contributed by atoms with Crippen LogP contribution in [-0.2, 0) is 19.6 Å². The first-order chi connectivity index (χ1) is 14.8. The van der Waals surface area contributed by atoms with Crippen molar-refractivity contribution in [3.05, 3.63) is 41.8 Å². The number of sulfonamides is 1. The summed E-state index contributed by atoms with van der Waals surface area (Å²) in [6, 6.07) is 9.77. The van der Waals surface area contributed by atoms with Gasteiger partial charge in [-0.25, -0.2) is 13.2 Å². The predicted octanol–water partition coefficient (Wildman–Crippen LogP) is 2.25. The van der Waals surface area contributed by atoms with Crippen molar-refractivity contribution < 1.29 is 27.5 Å². The van der Waals surface area contributed by atoms with Gasteiger partial charge in [-0.15, -0.1) is 11.3 Å². The summed E-state index contributed by atoms with van der Waals surface area (Å²) in [5, 5.41) is 1.71. The molecule has 0 unspecified atom stereocenters. The number of carbonyl (C=O) groups excluding carboxylic acids is 2. The number of amides is 2. The highest BCUT2D eigenvalue weighted by molar-refractivity contribution is 7.94. The molecule has 168 valence electrons. The SMILES string of the molecule is COC(=O)N1CCCN(C(=O)COc2ccc(N(C)S(=O)(=O)c3cccs3)cc2)CC1. The van der Waals surface area contributed by atoms with E-state index in [0.717, 1.165) is 11.3 Å². The fraction of sp³-hybridized carbons (Fsp3) is 0.400. The lowest BCUT2D eigenvalue weighted by Gasteiger charge is -2.21. The Morgan fingerprint density at radius 1 is 1.06 bits per heavy atom. The number of rotatable bonds is 6. The molecule has 31 heavy (non-hydrogen) atoms. The van der Waals surface area contributed by atoms with Gasteiger partial charge in [-0.3, -0.25) is 9.10 Å². The Labute approximate surface area is 185 Å². The minimum absolute atomic E-state index is 0.138. The molecular formula is C20H25N3O6S2. The van der Waals surface area contributed by atoms with Gasteiger partial charge in [0.05, 0.1) is 12.8 Å². The Balaban J connectivity index is 1.54. The highest BCUT2D eigenvalue weighted by Gasteiger charge is 2.24. The molecule has 2 aromatic rings. The van der Waals surface area contributed by atoms with Crippen LogP contribution >= 0.6 is 11.3 Å². The first-order valence-corrected chi connectivity index (χ1v) is 12.0. The van der Waals surface area contributed by atoms with Crippen LogP contribution < -0.4 is 9.04 Å². The Kier molecular flexibility index (Phi) is 7.39. The van der Waals surface area contributed by atoms with Crippen LogP contribution in [0.4, 0.5) is 10.5 Å². The molecule has 0 N–H and O–H groups in total. The number of nitrogens with zero attached hydrogens (tertiary/aromatic N) is 3. The lowest BCUT2D eigenvalue weighted by Crippen LogP contribution is -2.39. The molecule has 0 radical (unpaired) electrons. The highest BCUT2D eigenvalue weighted by atomic mass is 32.2. The van der Waals surface area contributed by atoms with Crippen molar-refractivity contribution in [2.24, 2.45) is 0 Å². The third-order valence-corrected chi connectivity index (χ3v) is 8.11. The van der Waals surface area contributed by atoms with E-state index in [4.69, 9.17) is 9.47 Å². The molecule has 1 aromatic carbocycles. The average Bonchev–Trinajstić information content (AvgIpc) is 3.22. The van der Waals surface area contributed by atoms with Gasteiger partial charge >= 0.3 is 6.09 Å². The summed E-state index contributed by atoms with van der Waals surface area (Å²) >= 11 is 1.16. The van der Waals surface area contributed by atoms with Crippen LogP contribution in [0.1, 0.15) is 6.42 Å². The molecular weight excluding hydrogens is 442 g/mol. The van der Waals surface area contributed by atoms with Crippen LogP contribution in [-0.4, -0.2) is 77.2 Å². The molecule has 0 saturated carbocycles. The zero-order chi connectivity index (χ0) is 22.4. The molecule has 0 spiro atoms. The van der Waals surface area contributed by atoms with Crippen LogP contribution in [0, 0.1) is 0 Å². The quantitative estimate of drug-likeness (QED) is 0.647. The number of anilines is 1. The molecule has 1 fully saturated rings. The first-order valence-electron chi connectivity index (χ1n) is 9.69. The standard InChI is InChI=1S/C20H25N3O6S2/c1-21(31(26,27)19-5-3-14-30-19)16-6-8-17(9-7-16)29-15-18(24)22-10-4-11-23(13-12-22)20(25)28-2/h3,5-9,14H,4,10-13,15H2,1-2H3. The summed E-state index contributed by atoms with van der Waals surface area (Å²) in [5.74, 6) is 0.290. The maximum atomic E-state index is 12.6. The van der Waals surface area contributed by atoms with E-state index < -0.39 is 16.1 Å². The minimum atomic E-state index is -3.60. The molecule has 0 atom stereocenters. The zero-order valence-corrected chi connectivity index (χ0v) is 19.0. The van der Waals surface area contributed by atoms with Gasteiger partial charge in [0, 0.05) is 33.2 Å². The summed E-state index contributed by atoms with van der Waals surface area (Å²) in [5.41, 5.74) is 0.488. The van der Waals surface area contributed by atoms with Crippen molar-refractivity contribution in [2.45, 2.75) is 10.6 Å². The van der Waals surface area contributed by atoms with Crippen LogP contribution in [0.2, 0.25) is 0 Å². The number of hydrogen-bond donors (Lipinski definition) is 0. The second kappa shape index (κ2) is 10.0. The van der Waals surface area contributed by atoms with Crippen molar-refractivity contribution in [3.8, 4) is 5.75 Å². The maximum Gasteiger partial charge on any atom is 0.409 e. The van der Waals surface area contributed by atoms with E-state index in [1.165, 1.54) is 18.5 Å². The number of hydrogen-bond acceptors (Lipinski definition) is 7. The summed E-state index contributed by atoms with van der Waals surface area (Å²) in [4.78, 5) is 27.4. The van der Waals surface area contributed by atoms with Crippen molar-refractivity contribution in [2.75, 3.05) is 51.2 Å². The molecule has 9 nitrogen and oxygen atoms in total. The molecule has 1 aliphatic heterocycles. The van der Waals surface area contributed by atoms with Gasteiger partial charge < -0.3 is 19.3 Å². The van der Waals surface area contributed by atoms with Gasteiger partial charge in [-0.05, 0) is 42.1 Å². The van der Waals surface area contributed by atoms with E-state index in [-0.39, 0.29) is 16.7 Å². The van der Waals surface area contributed by atoms with Gasteiger partial charge in [-0.1, -0.05) is 6.07 Å². The van der Waals surface area contributed by atoms with E-state index in [9.17, 15) is 18.0 Å². The number of methoxy groups -OCH3 is 1. The van der Waals surface area contributed by atoms with E-state index in [1.807, 2.05) is 0 Å². The summed E-state index contributed by atoms with van der Waals surface area (Å²) in [7, 11) is -0.775. The Morgan fingerprint density at radius 2 is 1.74 bits per heavy atom. The molecule has 1 aromatic heterocycles. The van der Waals surface area contributed by atoms with E-state index in [2.05, 4.69) is 0 Å². The Morgan fingerprint density at radius 3 is 2.39 bits per heavy atom. The number of ether oxygens (including phenoxy) is 2. The molecule has 11 heteroatoms. The lowest BCUT2D eigenvalue weighted by atomic mass is 10.3. The van der Waals surface area contributed by atoms with Gasteiger partial charge in [0.15, 0.2) is 6.61 Å². The third-order valence-electron chi connectivity index (χ3n) is 4.95. The van der Waals surface area contributed by atoms with E-state index in [1.54, 1.807) is 51.6 Å². The maximum absolute atomic E-state index is 12.6. The minimum Gasteiger partial charge on any atom is -0.484 e. The number of carbonyl (C=O) groups is 2. The van der Waals surface area contributed by atoms with Crippen LogP contribution in [0.25, 0.3) is 0 Å². The zero-order valence-electron chi connectivity index (χ0n) is 17.4. The highest BCUT2D eigenvalue weighted by Crippen LogP contribution is 2.26. The largest absolute Gasteiger partial charge is 0.484 e.